The molecular formula is C18H38. The van der Waals surface area contributed by atoms with Gasteiger partial charge in [0.25, 0.3) is 0 Å². The molecule has 110 valence electrons. The van der Waals surface area contributed by atoms with Crippen LogP contribution in [0.1, 0.15) is 93.9 Å². The van der Waals surface area contributed by atoms with Crippen LogP contribution in [0.5, 0.6) is 0 Å². The van der Waals surface area contributed by atoms with E-state index in [1.807, 2.05) is 0 Å². The second-order valence-electron chi connectivity index (χ2n) is 8.25. The van der Waals surface area contributed by atoms with E-state index in [9.17, 15) is 0 Å². The van der Waals surface area contributed by atoms with Gasteiger partial charge in [-0.2, -0.15) is 0 Å². The predicted octanol–water partition coefficient (Wildman–Crippen LogP) is 6.69. The van der Waals surface area contributed by atoms with E-state index in [0.29, 0.717) is 10.8 Å². The van der Waals surface area contributed by atoms with Crippen molar-refractivity contribution in [1.82, 2.24) is 0 Å². The van der Waals surface area contributed by atoms with Gasteiger partial charge in [-0.1, -0.05) is 93.9 Å². The molecule has 0 aromatic carbocycles. The van der Waals surface area contributed by atoms with E-state index in [2.05, 4.69) is 55.4 Å². The van der Waals surface area contributed by atoms with E-state index < -0.39 is 0 Å². The summed E-state index contributed by atoms with van der Waals surface area (Å²) in [6, 6.07) is 0. The summed E-state index contributed by atoms with van der Waals surface area (Å²) in [6.45, 7) is 19.3. The van der Waals surface area contributed by atoms with Gasteiger partial charge in [-0.05, 0) is 22.7 Å². The second-order valence-corrected chi connectivity index (χ2v) is 8.25. The van der Waals surface area contributed by atoms with Crippen molar-refractivity contribution in [2.75, 3.05) is 0 Å². The Bertz CT molecular complexity index is 187. The topological polar surface area (TPSA) is 0 Å². The van der Waals surface area contributed by atoms with Crippen molar-refractivity contribution in [3.8, 4) is 0 Å². The molecule has 0 nitrogen and oxygen atoms in total. The van der Waals surface area contributed by atoms with Gasteiger partial charge in [-0.25, -0.2) is 0 Å². The van der Waals surface area contributed by atoms with Crippen LogP contribution < -0.4 is 0 Å². The van der Waals surface area contributed by atoms with Gasteiger partial charge >= 0.3 is 0 Å². The van der Waals surface area contributed by atoms with Crippen LogP contribution in [0.25, 0.3) is 0 Å². The minimum absolute atomic E-state index is 0.421. The van der Waals surface area contributed by atoms with E-state index in [1.165, 1.54) is 38.5 Å². The lowest BCUT2D eigenvalue weighted by molar-refractivity contribution is 0.0327. The third-order valence-corrected chi connectivity index (χ3v) is 4.18. The van der Waals surface area contributed by atoms with Gasteiger partial charge < -0.3 is 0 Å². The van der Waals surface area contributed by atoms with Crippen molar-refractivity contribution in [2.24, 2.45) is 22.7 Å². The van der Waals surface area contributed by atoms with Crippen LogP contribution in [-0.2, 0) is 0 Å². The fraction of sp³-hybridized carbons (Fsp3) is 1.00. The summed E-state index contributed by atoms with van der Waals surface area (Å²) in [5.41, 5.74) is 0.842. The maximum Gasteiger partial charge on any atom is -0.0288 e. The molecule has 0 fully saturated rings. The number of hydrogen-bond acceptors (Lipinski definition) is 0. The predicted molar refractivity (Wildman–Crippen MR) is 84.9 cm³/mol. The van der Waals surface area contributed by atoms with Crippen LogP contribution in [-0.4, -0.2) is 0 Å². The zero-order valence-electron chi connectivity index (χ0n) is 14.4. The monoisotopic (exact) mass is 254 g/mol. The summed E-state index contributed by atoms with van der Waals surface area (Å²) in [6.07, 6.45) is 8.34. The molecule has 1 unspecified atom stereocenters. The Labute approximate surface area is 117 Å². The average Bonchev–Trinajstić information content (AvgIpc) is 2.13. The molecule has 0 N–H and O–H groups in total. The first-order valence-electron chi connectivity index (χ1n) is 8.14. The van der Waals surface area contributed by atoms with Crippen molar-refractivity contribution in [1.29, 1.82) is 0 Å². The maximum atomic E-state index is 2.44. The Morgan fingerprint density at radius 1 is 0.667 bits per heavy atom. The summed E-state index contributed by atoms with van der Waals surface area (Å²) in [7, 11) is 0. The number of hydrogen-bond donors (Lipinski definition) is 0. The highest BCUT2D eigenvalue weighted by Crippen LogP contribution is 2.47. The molecule has 0 amide bonds. The molecule has 0 radical (unpaired) electrons. The van der Waals surface area contributed by atoms with E-state index in [-0.39, 0.29) is 0 Å². The fourth-order valence-corrected chi connectivity index (χ4v) is 4.22. The molecule has 0 heteroatoms. The first kappa shape index (κ1) is 18.0. The second kappa shape index (κ2) is 7.56. The molecule has 0 heterocycles. The van der Waals surface area contributed by atoms with Gasteiger partial charge in [0.2, 0.25) is 0 Å². The summed E-state index contributed by atoms with van der Waals surface area (Å²) < 4.78 is 0. The fourth-order valence-electron chi connectivity index (χ4n) is 4.22. The zero-order valence-corrected chi connectivity index (χ0v) is 14.4. The van der Waals surface area contributed by atoms with Crippen molar-refractivity contribution >= 4 is 0 Å². The lowest BCUT2D eigenvalue weighted by atomic mass is 9.59. The van der Waals surface area contributed by atoms with Crippen LogP contribution in [0.4, 0.5) is 0 Å². The lowest BCUT2D eigenvalue weighted by Crippen LogP contribution is -2.38. The van der Waals surface area contributed by atoms with Crippen LogP contribution in [0, 0.1) is 22.7 Å². The van der Waals surface area contributed by atoms with Crippen LogP contribution in [0.15, 0.2) is 0 Å². The normalized spacial score (nSPS) is 15.2. The van der Waals surface area contributed by atoms with E-state index in [1.54, 1.807) is 0 Å². The summed E-state index contributed by atoms with van der Waals surface area (Å²) in [5.74, 6) is 1.73. The van der Waals surface area contributed by atoms with Crippen molar-refractivity contribution in [3.05, 3.63) is 0 Å². The average molecular weight is 255 g/mol. The Balaban J connectivity index is 4.87. The van der Waals surface area contributed by atoms with Crippen LogP contribution in [0.2, 0.25) is 0 Å². The quantitative estimate of drug-likeness (QED) is 0.444. The lowest BCUT2D eigenvalue weighted by Gasteiger charge is -2.46. The highest BCUT2D eigenvalue weighted by atomic mass is 14.4. The molecule has 1 atom stereocenters. The summed E-state index contributed by atoms with van der Waals surface area (Å²) in [4.78, 5) is 0. The van der Waals surface area contributed by atoms with Gasteiger partial charge in [0.15, 0.2) is 0 Å². The molecule has 0 spiro atoms. The third-order valence-electron chi connectivity index (χ3n) is 4.18. The highest BCUT2D eigenvalue weighted by molar-refractivity contribution is 4.88. The molecule has 0 aliphatic heterocycles. The van der Waals surface area contributed by atoms with Crippen molar-refractivity contribution in [3.63, 3.8) is 0 Å². The summed E-state index contributed by atoms with van der Waals surface area (Å²) >= 11 is 0. The first-order valence-corrected chi connectivity index (χ1v) is 8.14. The van der Waals surface area contributed by atoms with E-state index in [0.717, 1.165) is 11.8 Å². The molecule has 0 aromatic rings. The van der Waals surface area contributed by atoms with Gasteiger partial charge in [0.05, 0.1) is 0 Å². The van der Waals surface area contributed by atoms with Gasteiger partial charge in [0.1, 0.15) is 0 Å². The Kier molecular flexibility index (Phi) is 7.56. The van der Waals surface area contributed by atoms with Crippen molar-refractivity contribution in [2.45, 2.75) is 93.9 Å². The first-order chi connectivity index (χ1) is 8.14. The highest BCUT2D eigenvalue weighted by Gasteiger charge is 2.39. The third kappa shape index (κ3) is 6.25. The Morgan fingerprint density at radius 3 is 1.50 bits per heavy atom. The molecule has 0 rings (SSSR count). The SMILES string of the molecule is CCCCCC(CCC)C(C(C)(C)C)C(C)(C)C. The van der Waals surface area contributed by atoms with Gasteiger partial charge in [-0.3, -0.25) is 0 Å². The molecule has 18 heavy (non-hydrogen) atoms. The molecule has 0 saturated carbocycles. The largest absolute Gasteiger partial charge is 0.0654 e. The molecule has 0 aliphatic carbocycles. The van der Waals surface area contributed by atoms with Gasteiger partial charge in [-0.15, -0.1) is 0 Å². The minimum atomic E-state index is 0.421. The smallest absolute Gasteiger partial charge is 0.0288 e. The van der Waals surface area contributed by atoms with Gasteiger partial charge in [0, 0.05) is 0 Å². The molecule has 0 saturated heterocycles. The standard InChI is InChI=1S/C18H38/c1-9-11-12-14-15(13-10-2)16(17(3,4)5)18(6,7)8/h15-16H,9-14H2,1-8H3. The van der Waals surface area contributed by atoms with Crippen LogP contribution in [0.3, 0.4) is 0 Å². The van der Waals surface area contributed by atoms with E-state index >= 15 is 0 Å². The maximum absolute atomic E-state index is 2.44. The van der Waals surface area contributed by atoms with Crippen LogP contribution >= 0.6 is 0 Å². The Morgan fingerprint density at radius 2 is 1.17 bits per heavy atom. The molecule has 0 aromatic heterocycles. The molecule has 0 aliphatic rings. The van der Waals surface area contributed by atoms with E-state index in [4.69, 9.17) is 0 Å². The van der Waals surface area contributed by atoms with Crippen molar-refractivity contribution < 1.29 is 0 Å². The molecular weight excluding hydrogens is 216 g/mol. The molecule has 0 bridgehead atoms. The number of rotatable bonds is 7. The number of unbranched alkanes of at least 4 members (excludes halogenated alkanes) is 2. The summed E-state index contributed by atoms with van der Waals surface area (Å²) in [5, 5.41) is 0. The zero-order chi connectivity index (χ0) is 14.4. The Hall–Kier alpha value is 0. The minimum Gasteiger partial charge on any atom is -0.0654 e.